The largest absolute Gasteiger partial charge is 0.481 e. The molecule has 1 aromatic carbocycles. The number of carboxylic acid groups (broad SMARTS) is 1. The van der Waals surface area contributed by atoms with Gasteiger partial charge in [0.15, 0.2) is 9.84 Å². The first-order chi connectivity index (χ1) is 13.1. The van der Waals surface area contributed by atoms with Crippen LogP contribution in [0.25, 0.3) is 5.52 Å². The molecule has 0 amide bonds. The number of halogens is 1. The minimum Gasteiger partial charge on any atom is -0.481 e. The fourth-order valence-electron chi connectivity index (χ4n) is 2.88. The number of nitrogens with zero attached hydrogens (tertiary/aromatic N) is 2. The van der Waals surface area contributed by atoms with Gasteiger partial charge in [-0.05, 0) is 42.8 Å². The minimum absolute atomic E-state index is 0.124. The molecule has 6 nitrogen and oxygen atoms in total. The van der Waals surface area contributed by atoms with E-state index in [1.807, 2.05) is 6.92 Å². The van der Waals surface area contributed by atoms with Gasteiger partial charge < -0.3 is 9.51 Å². The molecule has 0 bridgehead atoms. The Labute approximate surface area is 171 Å². The highest BCUT2D eigenvalue weighted by atomic mass is 35.5. The zero-order valence-electron chi connectivity index (χ0n) is 14.9. The van der Waals surface area contributed by atoms with E-state index in [0.29, 0.717) is 21.7 Å². The highest BCUT2D eigenvalue weighted by Crippen LogP contribution is 2.40. The molecule has 0 atom stereocenters. The van der Waals surface area contributed by atoms with Crippen LogP contribution in [0.2, 0.25) is 5.02 Å². The minimum atomic E-state index is -3.38. The van der Waals surface area contributed by atoms with Crippen molar-refractivity contribution in [1.82, 2.24) is 4.40 Å². The van der Waals surface area contributed by atoms with Crippen LogP contribution in [0.4, 0.5) is 0 Å². The summed E-state index contributed by atoms with van der Waals surface area (Å²) in [6.45, 7) is 1.82. The van der Waals surface area contributed by atoms with E-state index >= 15 is 0 Å². The molecule has 3 aromatic rings. The number of benzene rings is 1. The predicted molar refractivity (Wildman–Crippen MR) is 107 cm³/mol. The summed E-state index contributed by atoms with van der Waals surface area (Å²) in [5.41, 5.74) is 2.53. The number of carboxylic acids is 1. The first kappa shape index (κ1) is 20.3. The maximum atomic E-state index is 11.7. The average molecular weight is 435 g/mol. The molecule has 9 heteroatoms. The van der Waals surface area contributed by atoms with Crippen molar-refractivity contribution in [2.75, 3.05) is 6.26 Å². The third-order valence-electron chi connectivity index (χ3n) is 4.24. The Morgan fingerprint density at radius 2 is 2.04 bits per heavy atom. The molecule has 0 aliphatic carbocycles. The van der Waals surface area contributed by atoms with Gasteiger partial charge in [0.1, 0.15) is 0 Å². The number of aromatic nitrogens is 1. The lowest BCUT2D eigenvalue weighted by molar-refractivity contribution is -0.136. The van der Waals surface area contributed by atoms with Crippen LogP contribution in [0.5, 0.6) is 0 Å². The first-order valence-electron chi connectivity index (χ1n) is 8.04. The highest BCUT2D eigenvalue weighted by Gasteiger charge is 2.20. The molecule has 0 spiro atoms. The van der Waals surface area contributed by atoms with Crippen molar-refractivity contribution < 1.29 is 18.3 Å². The van der Waals surface area contributed by atoms with Gasteiger partial charge in [0, 0.05) is 27.9 Å². The Balaban J connectivity index is 2.16. The summed E-state index contributed by atoms with van der Waals surface area (Å²) in [5.74, 6) is -0.959. The third kappa shape index (κ3) is 3.87. The van der Waals surface area contributed by atoms with Gasteiger partial charge in [0.25, 0.3) is 0 Å². The van der Waals surface area contributed by atoms with E-state index in [-0.39, 0.29) is 16.3 Å². The Kier molecular flexibility index (Phi) is 5.44. The van der Waals surface area contributed by atoms with Crippen LogP contribution in [0.15, 0.2) is 51.2 Å². The predicted octanol–water partition coefficient (Wildman–Crippen LogP) is 3.95. The van der Waals surface area contributed by atoms with Gasteiger partial charge in [0.2, 0.25) is 0 Å². The number of pyridine rings is 1. The monoisotopic (exact) mass is 434 g/mol. The Morgan fingerprint density at radius 1 is 1.32 bits per heavy atom. The number of sulfone groups is 1. The smallest absolute Gasteiger partial charge is 0.309 e. The maximum Gasteiger partial charge on any atom is 0.309 e. The average Bonchev–Trinajstić information content (AvgIpc) is 2.87. The summed E-state index contributed by atoms with van der Waals surface area (Å²) in [6.07, 6.45) is 2.62. The van der Waals surface area contributed by atoms with Crippen LogP contribution in [0.1, 0.15) is 16.8 Å². The summed E-state index contributed by atoms with van der Waals surface area (Å²) in [7, 11) is -3.38. The lowest BCUT2D eigenvalue weighted by Gasteiger charge is -2.07. The second-order valence-corrected chi connectivity index (χ2v) is 9.70. The molecule has 0 fully saturated rings. The number of hydrogen-bond acceptors (Lipinski definition) is 5. The number of aliphatic carboxylic acids is 1. The van der Waals surface area contributed by atoms with Crippen molar-refractivity contribution in [3.8, 4) is 6.07 Å². The number of rotatable bonds is 5. The third-order valence-corrected chi connectivity index (χ3v) is 7.07. The lowest BCUT2D eigenvalue weighted by Crippen LogP contribution is -2.04. The number of fused-ring (bicyclic) bond motifs is 1. The molecule has 28 heavy (non-hydrogen) atoms. The normalized spacial score (nSPS) is 11.5. The standard InChI is InChI=1S/C19H15ClN2O4S2/c1-11-15(9-18(23)24)22-6-5-12(10-21)7-16(22)19(11)27-17-4-3-13(8-14(17)20)28(2,25)26/h3-8H,9H2,1-2H3,(H,23,24). The molecule has 0 saturated carbocycles. The van der Waals surface area contributed by atoms with Crippen molar-refractivity contribution in [1.29, 1.82) is 5.26 Å². The van der Waals surface area contributed by atoms with E-state index < -0.39 is 15.8 Å². The van der Waals surface area contributed by atoms with Crippen molar-refractivity contribution in [2.24, 2.45) is 0 Å². The quantitative estimate of drug-likeness (QED) is 0.652. The molecule has 0 radical (unpaired) electrons. The van der Waals surface area contributed by atoms with Crippen molar-refractivity contribution in [2.45, 2.75) is 28.0 Å². The van der Waals surface area contributed by atoms with Crippen LogP contribution in [0.3, 0.4) is 0 Å². The molecule has 1 N–H and O–H groups in total. The van der Waals surface area contributed by atoms with Crippen LogP contribution < -0.4 is 0 Å². The van der Waals surface area contributed by atoms with E-state index in [1.165, 1.54) is 23.9 Å². The molecule has 2 aromatic heterocycles. The van der Waals surface area contributed by atoms with Gasteiger partial charge in [-0.25, -0.2) is 8.42 Å². The van der Waals surface area contributed by atoms with Crippen molar-refractivity contribution in [3.63, 3.8) is 0 Å². The number of hydrogen-bond donors (Lipinski definition) is 1. The molecule has 3 rings (SSSR count). The number of carbonyl (C=O) groups is 1. The Morgan fingerprint density at radius 3 is 2.61 bits per heavy atom. The van der Waals surface area contributed by atoms with Gasteiger partial charge >= 0.3 is 5.97 Å². The molecular formula is C19H15ClN2O4S2. The Hall–Kier alpha value is -2.47. The molecule has 144 valence electrons. The molecule has 2 heterocycles. The second-order valence-electron chi connectivity index (χ2n) is 6.22. The lowest BCUT2D eigenvalue weighted by atomic mass is 10.2. The summed E-state index contributed by atoms with van der Waals surface area (Å²) in [5, 5.41) is 18.7. The summed E-state index contributed by atoms with van der Waals surface area (Å²) >= 11 is 7.61. The van der Waals surface area contributed by atoms with Crippen LogP contribution in [-0.4, -0.2) is 30.2 Å². The van der Waals surface area contributed by atoms with Gasteiger partial charge in [-0.2, -0.15) is 5.26 Å². The van der Waals surface area contributed by atoms with Crippen molar-refractivity contribution in [3.05, 3.63) is 58.4 Å². The maximum absolute atomic E-state index is 11.7. The number of nitriles is 1. The zero-order chi connectivity index (χ0) is 20.6. The fourth-order valence-corrected chi connectivity index (χ4v) is 4.93. The topological polar surface area (TPSA) is 99.6 Å². The Bertz CT molecular complexity index is 1260. The SMILES string of the molecule is Cc1c(Sc2ccc(S(C)(=O)=O)cc2Cl)c2cc(C#N)ccn2c1CC(=O)O. The van der Waals surface area contributed by atoms with Crippen LogP contribution in [-0.2, 0) is 21.1 Å². The molecule has 0 aliphatic rings. The van der Waals surface area contributed by atoms with E-state index in [2.05, 4.69) is 6.07 Å². The van der Waals surface area contributed by atoms with E-state index in [0.717, 1.165) is 16.7 Å². The molecule has 0 saturated heterocycles. The molecule has 0 unspecified atom stereocenters. The van der Waals surface area contributed by atoms with Crippen molar-refractivity contribution >= 4 is 44.7 Å². The van der Waals surface area contributed by atoms with Gasteiger partial charge in [-0.3, -0.25) is 4.79 Å². The summed E-state index contributed by atoms with van der Waals surface area (Å²) < 4.78 is 25.2. The second kappa shape index (κ2) is 7.51. The van der Waals surface area contributed by atoms with Gasteiger partial charge in [-0.1, -0.05) is 23.4 Å². The van der Waals surface area contributed by atoms with E-state index in [4.69, 9.17) is 11.6 Å². The summed E-state index contributed by atoms with van der Waals surface area (Å²) in [4.78, 5) is 12.8. The van der Waals surface area contributed by atoms with E-state index in [9.17, 15) is 23.6 Å². The highest BCUT2D eigenvalue weighted by molar-refractivity contribution is 7.99. The van der Waals surface area contributed by atoms with Gasteiger partial charge in [0.05, 0.1) is 33.5 Å². The molecular weight excluding hydrogens is 420 g/mol. The molecule has 0 aliphatic heterocycles. The van der Waals surface area contributed by atoms with Gasteiger partial charge in [-0.15, -0.1) is 0 Å². The summed E-state index contributed by atoms with van der Waals surface area (Å²) in [6, 6.07) is 9.90. The fraction of sp³-hybridized carbons (Fsp3) is 0.158. The van der Waals surface area contributed by atoms with Crippen LogP contribution in [0, 0.1) is 18.3 Å². The van der Waals surface area contributed by atoms with E-state index in [1.54, 1.807) is 28.8 Å². The zero-order valence-corrected chi connectivity index (χ0v) is 17.3. The van der Waals surface area contributed by atoms with Crippen LogP contribution >= 0.6 is 23.4 Å². The first-order valence-corrected chi connectivity index (χ1v) is 11.1.